The summed E-state index contributed by atoms with van der Waals surface area (Å²) in [5.74, 6) is 0.538. The second kappa shape index (κ2) is 4.43. The molecule has 2 rings (SSSR count). The van der Waals surface area contributed by atoms with Crippen LogP contribution < -0.4 is 0 Å². The fourth-order valence-electron chi connectivity index (χ4n) is 1.10. The van der Waals surface area contributed by atoms with Crippen LogP contribution in [-0.4, -0.2) is 15.0 Å². The van der Waals surface area contributed by atoms with Gasteiger partial charge >= 0.3 is 0 Å². The van der Waals surface area contributed by atoms with Crippen LogP contribution in [0.4, 0.5) is 0 Å². The number of aryl methyl sites for hydroxylation is 1. The Hall–Kier alpha value is -0.710. The third-order valence-corrected chi connectivity index (χ3v) is 3.08. The van der Waals surface area contributed by atoms with Crippen molar-refractivity contribution >= 4 is 34.5 Å². The summed E-state index contributed by atoms with van der Waals surface area (Å²) < 4.78 is 0.617. The van der Waals surface area contributed by atoms with E-state index in [0.717, 1.165) is 12.1 Å². The van der Waals surface area contributed by atoms with Gasteiger partial charge in [-0.25, -0.2) is 15.0 Å². The Morgan fingerprint density at radius 3 is 2.73 bits per heavy atom. The lowest BCUT2D eigenvalue weighted by Gasteiger charge is -1.99. The van der Waals surface area contributed by atoms with E-state index in [-0.39, 0.29) is 0 Å². The number of nitrogens with zero attached hydrogens (tertiary/aromatic N) is 3. The molecule has 0 aliphatic carbocycles. The van der Waals surface area contributed by atoms with Crippen molar-refractivity contribution in [2.24, 2.45) is 0 Å². The Labute approximate surface area is 101 Å². The molecule has 0 aromatic carbocycles. The largest absolute Gasteiger partial charge is 0.240 e. The monoisotopic (exact) mass is 259 g/mol. The summed E-state index contributed by atoms with van der Waals surface area (Å²) >= 11 is 13.0. The summed E-state index contributed by atoms with van der Waals surface area (Å²) in [7, 11) is 0. The highest BCUT2D eigenvalue weighted by Gasteiger charge is 2.08. The number of hydrogen-bond acceptors (Lipinski definition) is 4. The van der Waals surface area contributed by atoms with Crippen molar-refractivity contribution in [3.05, 3.63) is 27.4 Å². The van der Waals surface area contributed by atoms with E-state index in [9.17, 15) is 0 Å². The molecule has 0 bridgehead atoms. The molecule has 0 aliphatic rings. The van der Waals surface area contributed by atoms with Gasteiger partial charge in [-0.05, 0) is 12.5 Å². The van der Waals surface area contributed by atoms with Crippen LogP contribution in [0.25, 0.3) is 10.8 Å². The van der Waals surface area contributed by atoms with Gasteiger partial charge in [0.25, 0.3) is 0 Å². The Morgan fingerprint density at radius 2 is 2.13 bits per heavy atom. The first-order valence-electron chi connectivity index (χ1n) is 4.34. The van der Waals surface area contributed by atoms with Crippen LogP contribution in [0.3, 0.4) is 0 Å². The molecule has 0 atom stereocenters. The fourth-order valence-corrected chi connectivity index (χ4v) is 2.15. The first kappa shape index (κ1) is 10.8. The molecule has 78 valence electrons. The number of halogens is 2. The first-order chi connectivity index (χ1) is 7.19. The van der Waals surface area contributed by atoms with Gasteiger partial charge in [0, 0.05) is 5.69 Å². The third kappa shape index (κ3) is 2.45. The number of hydrogen-bond donors (Lipinski definition) is 0. The highest BCUT2D eigenvalue weighted by molar-refractivity contribution is 7.18. The van der Waals surface area contributed by atoms with Crippen LogP contribution in [0.1, 0.15) is 12.6 Å². The molecule has 2 heterocycles. The molecule has 0 N–H and O–H groups in total. The van der Waals surface area contributed by atoms with E-state index in [0.29, 0.717) is 20.3 Å². The molecule has 0 radical (unpaired) electrons. The molecule has 0 saturated heterocycles. The minimum absolute atomic E-state index is 0.433. The number of rotatable bonds is 2. The maximum Gasteiger partial charge on any atom is 0.190 e. The highest BCUT2D eigenvalue weighted by Crippen LogP contribution is 2.26. The Kier molecular flexibility index (Phi) is 3.19. The summed E-state index contributed by atoms with van der Waals surface area (Å²) in [6, 6.07) is 1.75. The maximum atomic E-state index is 5.88. The molecule has 0 saturated carbocycles. The van der Waals surface area contributed by atoms with E-state index >= 15 is 0 Å². The van der Waals surface area contributed by atoms with Gasteiger partial charge in [0.15, 0.2) is 10.8 Å². The van der Waals surface area contributed by atoms with Gasteiger partial charge in [0.2, 0.25) is 0 Å². The van der Waals surface area contributed by atoms with Gasteiger partial charge in [-0.1, -0.05) is 41.5 Å². The topological polar surface area (TPSA) is 38.7 Å². The summed E-state index contributed by atoms with van der Waals surface area (Å²) in [6.45, 7) is 2.01. The van der Waals surface area contributed by atoms with E-state index in [1.54, 1.807) is 12.3 Å². The molecule has 0 unspecified atom stereocenters. The van der Waals surface area contributed by atoms with Crippen LogP contribution in [0, 0.1) is 0 Å². The second-order valence-corrected chi connectivity index (χ2v) is 4.88. The zero-order valence-corrected chi connectivity index (χ0v) is 10.2. The lowest BCUT2D eigenvalue weighted by molar-refractivity contribution is 1.00. The average molecular weight is 260 g/mol. The van der Waals surface area contributed by atoms with Crippen molar-refractivity contribution in [2.75, 3.05) is 0 Å². The minimum Gasteiger partial charge on any atom is -0.240 e. The molecule has 0 aliphatic heterocycles. The van der Waals surface area contributed by atoms with E-state index in [2.05, 4.69) is 15.0 Å². The lowest BCUT2D eigenvalue weighted by Crippen LogP contribution is -1.94. The first-order valence-corrected chi connectivity index (χ1v) is 5.91. The predicted octanol–water partition coefficient (Wildman–Crippen LogP) is 3.47. The van der Waals surface area contributed by atoms with Crippen LogP contribution in [0.2, 0.25) is 9.49 Å². The molecule has 0 spiro atoms. The van der Waals surface area contributed by atoms with Gasteiger partial charge in [-0.2, -0.15) is 0 Å². The van der Waals surface area contributed by atoms with Crippen LogP contribution in [0.5, 0.6) is 0 Å². The smallest absolute Gasteiger partial charge is 0.190 e. The molecular weight excluding hydrogens is 253 g/mol. The Bertz CT molecular complexity index is 484. The second-order valence-electron chi connectivity index (χ2n) is 2.83. The van der Waals surface area contributed by atoms with Crippen LogP contribution in [-0.2, 0) is 6.42 Å². The third-order valence-electron chi connectivity index (χ3n) is 1.78. The van der Waals surface area contributed by atoms with Crippen molar-refractivity contribution in [3.63, 3.8) is 0 Å². The summed E-state index contributed by atoms with van der Waals surface area (Å²) in [6.07, 6.45) is 2.39. The minimum atomic E-state index is 0.433. The summed E-state index contributed by atoms with van der Waals surface area (Å²) in [5.41, 5.74) is 0.899. The van der Waals surface area contributed by atoms with Crippen molar-refractivity contribution in [3.8, 4) is 10.8 Å². The number of thiazole rings is 1. The molecule has 2 aromatic heterocycles. The Morgan fingerprint density at radius 1 is 1.33 bits per heavy atom. The number of aromatic nitrogens is 3. The van der Waals surface area contributed by atoms with Gasteiger partial charge < -0.3 is 0 Å². The normalized spacial score (nSPS) is 10.6. The SMILES string of the molecule is CCc1cc(Cl)nc(-c2ncc(Cl)s2)n1. The standard InChI is InChI=1S/C9H7Cl2N3S/c1-2-5-3-6(10)14-8(13-5)9-12-4-7(11)15-9/h3-4H,2H2,1H3. The lowest BCUT2D eigenvalue weighted by atomic mass is 10.3. The van der Waals surface area contributed by atoms with Gasteiger partial charge in [-0.15, -0.1) is 0 Å². The zero-order valence-electron chi connectivity index (χ0n) is 7.87. The quantitative estimate of drug-likeness (QED) is 0.776. The molecule has 0 fully saturated rings. The van der Waals surface area contributed by atoms with Crippen molar-refractivity contribution in [2.45, 2.75) is 13.3 Å². The van der Waals surface area contributed by atoms with Gasteiger partial charge in [0.05, 0.1) is 6.20 Å². The average Bonchev–Trinajstić information content (AvgIpc) is 2.64. The molecule has 0 amide bonds. The Balaban J connectivity index is 2.48. The molecule has 6 heteroatoms. The van der Waals surface area contributed by atoms with Crippen molar-refractivity contribution < 1.29 is 0 Å². The molecular formula is C9H7Cl2N3S. The van der Waals surface area contributed by atoms with E-state index in [1.807, 2.05) is 6.92 Å². The van der Waals surface area contributed by atoms with Gasteiger partial charge in [0.1, 0.15) is 9.49 Å². The molecule has 2 aromatic rings. The van der Waals surface area contributed by atoms with Crippen LogP contribution >= 0.6 is 34.5 Å². The van der Waals surface area contributed by atoms with E-state index < -0.39 is 0 Å². The van der Waals surface area contributed by atoms with Gasteiger partial charge in [-0.3, -0.25) is 0 Å². The summed E-state index contributed by atoms with van der Waals surface area (Å²) in [5, 5.41) is 1.13. The molecule has 15 heavy (non-hydrogen) atoms. The maximum absolute atomic E-state index is 5.88. The van der Waals surface area contributed by atoms with Crippen molar-refractivity contribution in [1.82, 2.24) is 15.0 Å². The summed E-state index contributed by atoms with van der Waals surface area (Å²) in [4.78, 5) is 12.5. The molecule has 3 nitrogen and oxygen atoms in total. The van der Waals surface area contributed by atoms with Crippen LogP contribution in [0.15, 0.2) is 12.3 Å². The van der Waals surface area contributed by atoms with E-state index in [1.165, 1.54) is 11.3 Å². The predicted molar refractivity (Wildman–Crippen MR) is 62.5 cm³/mol. The fraction of sp³-hybridized carbons (Fsp3) is 0.222. The van der Waals surface area contributed by atoms with E-state index in [4.69, 9.17) is 23.2 Å². The zero-order chi connectivity index (χ0) is 10.8. The highest BCUT2D eigenvalue weighted by atomic mass is 35.5. The van der Waals surface area contributed by atoms with Crippen molar-refractivity contribution in [1.29, 1.82) is 0 Å².